The molecule has 0 bridgehead atoms. The van der Waals surface area contributed by atoms with Crippen LogP contribution < -0.4 is 5.43 Å². The number of allylic oxidation sites excluding steroid dienone is 1. The van der Waals surface area contributed by atoms with Gasteiger partial charge in [-0.3, -0.25) is 4.79 Å². The van der Waals surface area contributed by atoms with Crippen LogP contribution in [0.2, 0.25) is 0 Å². The smallest absolute Gasteiger partial charge is 0.196 e. The molecule has 1 aromatic carbocycles. The molecule has 0 saturated carbocycles. The average molecular weight is 454 g/mol. The number of hydrogen-bond donors (Lipinski definition) is 7. The molecule has 0 amide bonds. The highest BCUT2D eigenvalue weighted by Crippen LogP contribution is 2.34. The van der Waals surface area contributed by atoms with Crippen molar-refractivity contribution in [1.29, 1.82) is 0 Å². The molecule has 11 heteroatoms. The molecule has 1 aliphatic rings. The molecule has 0 aliphatic carbocycles. The molecule has 11 nitrogen and oxygen atoms in total. The first-order valence-electron chi connectivity index (χ1n) is 9.87. The predicted octanol–water partition coefficient (Wildman–Crippen LogP) is -0.998. The number of benzene rings is 1. The van der Waals surface area contributed by atoms with E-state index >= 15 is 0 Å². The number of aliphatic hydroxyl groups excluding tert-OH is 5. The summed E-state index contributed by atoms with van der Waals surface area (Å²) in [6, 6.07) is 2.08. The van der Waals surface area contributed by atoms with E-state index in [-0.39, 0.29) is 41.1 Å². The van der Waals surface area contributed by atoms with Gasteiger partial charge in [-0.15, -0.1) is 0 Å². The first-order valence-corrected chi connectivity index (χ1v) is 9.87. The van der Waals surface area contributed by atoms with Crippen LogP contribution in [0.1, 0.15) is 18.2 Å². The van der Waals surface area contributed by atoms with Crippen LogP contribution in [0, 0.1) is 0 Å². The van der Waals surface area contributed by atoms with Crippen LogP contribution in [0.4, 0.5) is 0 Å². The third-order valence-corrected chi connectivity index (χ3v) is 5.25. The number of hydrogen-bond acceptors (Lipinski definition) is 11. The van der Waals surface area contributed by atoms with Gasteiger partial charge in [0, 0.05) is 17.7 Å². The van der Waals surface area contributed by atoms with Gasteiger partial charge in [0.25, 0.3) is 0 Å². The largest absolute Gasteiger partial charge is 0.507 e. The first kappa shape index (κ1) is 24.1. The van der Waals surface area contributed by atoms with E-state index in [4.69, 9.17) is 13.9 Å². The van der Waals surface area contributed by atoms with Gasteiger partial charge in [-0.05, 0) is 13.3 Å². The van der Waals surface area contributed by atoms with E-state index in [0.717, 1.165) is 12.1 Å². The van der Waals surface area contributed by atoms with Gasteiger partial charge in [0.05, 0.1) is 13.2 Å². The Morgan fingerprint density at radius 1 is 1.09 bits per heavy atom. The quantitative estimate of drug-likeness (QED) is 0.254. The van der Waals surface area contributed by atoms with E-state index in [9.17, 15) is 40.5 Å². The summed E-state index contributed by atoms with van der Waals surface area (Å²) in [5.74, 6) is -0.793. The number of aromatic hydroxyl groups is 2. The van der Waals surface area contributed by atoms with E-state index < -0.39 is 55.1 Å². The molecule has 2 heterocycles. The highest BCUT2D eigenvalue weighted by Gasteiger charge is 2.43. The van der Waals surface area contributed by atoms with E-state index in [0.29, 0.717) is 5.57 Å². The molecule has 0 spiro atoms. The van der Waals surface area contributed by atoms with Gasteiger partial charge in [-0.1, -0.05) is 11.6 Å². The Morgan fingerprint density at radius 2 is 1.81 bits per heavy atom. The summed E-state index contributed by atoms with van der Waals surface area (Å²) in [6.45, 7) is 0.501. The van der Waals surface area contributed by atoms with E-state index in [2.05, 4.69) is 0 Å². The summed E-state index contributed by atoms with van der Waals surface area (Å²) in [6.07, 6.45) is -5.24. The standard InChI is InChI=1S/C21H26O11/c1-9(8-30-21-19(29)18(28)17(27)15(7-23)32-21)2-3-11-12(24)5-14(26)16-13(25)4-10(6-22)31-20(11)16/h2,4-5,15,17-19,21-24,26-29H,3,6-8H2,1H3/b9-2+/t15-,17-,18+,19-,21-/m1/s1. The van der Waals surface area contributed by atoms with Gasteiger partial charge < -0.3 is 49.6 Å². The van der Waals surface area contributed by atoms with Crippen molar-refractivity contribution < 1.29 is 49.6 Å². The second kappa shape index (κ2) is 9.96. The third-order valence-electron chi connectivity index (χ3n) is 5.25. The van der Waals surface area contributed by atoms with Crippen LogP contribution in [-0.2, 0) is 22.5 Å². The number of phenolic OH excluding ortho intramolecular Hbond substituents is 2. The lowest BCUT2D eigenvalue weighted by Gasteiger charge is -2.39. The Kier molecular flexibility index (Phi) is 7.51. The second-order valence-corrected chi connectivity index (χ2v) is 7.60. The van der Waals surface area contributed by atoms with Crippen LogP contribution in [0.15, 0.2) is 33.0 Å². The van der Waals surface area contributed by atoms with Crippen molar-refractivity contribution in [3.8, 4) is 11.5 Å². The highest BCUT2D eigenvalue weighted by molar-refractivity contribution is 5.88. The molecule has 3 rings (SSSR count). The lowest BCUT2D eigenvalue weighted by molar-refractivity contribution is -0.299. The number of phenols is 2. The molecule has 2 aromatic rings. The lowest BCUT2D eigenvalue weighted by Crippen LogP contribution is -2.59. The van der Waals surface area contributed by atoms with Crippen molar-refractivity contribution in [3.05, 3.63) is 45.3 Å². The predicted molar refractivity (Wildman–Crippen MR) is 109 cm³/mol. The summed E-state index contributed by atoms with van der Waals surface area (Å²) in [5, 5.41) is 68.3. The Morgan fingerprint density at radius 3 is 2.47 bits per heavy atom. The zero-order valence-electron chi connectivity index (χ0n) is 17.2. The topological polar surface area (TPSA) is 190 Å². The van der Waals surface area contributed by atoms with Crippen LogP contribution in [0.25, 0.3) is 11.0 Å². The van der Waals surface area contributed by atoms with E-state index in [1.165, 1.54) is 0 Å². The fourth-order valence-electron chi connectivity index (χ4n) is 3.43. The maximum atomic E-state index is 12.2. The molecule has 1 aliphatic heterocycles. The van der Waals surface area contributed by atoms with Gasteiger partial charge in [-0.25, -0.2) is 0 Å². The Bertz CT molecular complexity index is 1040. The molecule has 176 valence electrons. The summed E-state index contributed by atoms with van der Waals surface area (Å²) >= 11 is 0. The number of ether oxygens (including phenoxy) is 2. The molecule has 5 atom stereocenters. The molecule has 0 unspecified atom stereocenters. The fourth-order valence-corrected chi connectivity index (χ4v) is 3.43. The zero-order valence-corrected chi connectivity index (χ0v) is 17.2. The van der Waals surface area contributed by atoms with Crippen LogP contribution in [0.3, 0.4) is 0 Å². The zero-order chi connectivity index (χ0) is 23.6. The molecule has 32 heavy (non-hydrogen) atoms. The molecule has 1 aromatic heterocycles. The maximum absolute atomic E-state index is 12.2. The minimum absolute atomic E-state index is 0.0274. The van der Waals surface area contributed by atoms with E-state index in [1.54, 1.807) is 13.0 Å². The van der Waals surface area contributed by atoms with Crippen molar-refractivity contribution in [2.75, 3.05) is 13.2 Å². The molecule has 1 fully saturated rings. The van der Waals surface area contributed by atoms with Gasteiger partial charge in [-0.2, -0.15) is 0 Å². The fraction of sp³-hybridized carbons (Fsp3) is 0.476. The number of aliphatic hydroxyl groups is 5. The third kappa shape index (κ3) is 4.79. The minimum Gasteiger partial charge on any atom is -0.507 e. The summed E-state index contributed by atoms with van der Waals surface area (Å²) < 4.78 is 16.2. The second-order valence-electron chi connectivity index (χ2n) is 7.60. The first-order chi connectivity index (χ1) is 15.2. The molecular formula is C21H26O11. The van der Waals surface area contributed by atoms with Gasteiger partial charge in [0.2, 0.25) is 0 Å². The summed E-state index contributed by atoms with van der Waals surface area (Å²) in [5.41, 5.74) is 0.194. The number of rotatable bonds is 7. The Balaban J connectivity index is 1.78. The van der Waals surface area contributed by atoms with Crippen molar-refractivity contribution in [1.82, 2.24) is 0 Å². The van der Waals surface area contributed by atoms with Crippen molar-refractivity contribution in [3.63, 3.8) is 0 Å². The molecule has 1 saturated heterocycles. The monoisotopic (exact) mass is 454 g/mol. The molecular weight excluding hydrogens is 428 g/mol. The minimum atomic E-state index is -1.56. The Labute approximate surface area is 182 Å². The average Bonchev–Trinajstić information content (AvgIpc) is 2.76. The highest BCUT2D eigenvalue weighted by atomic mass is 16.7. The molecule has 7 N–H and O–H groups in total. The van der Waals surface area contributed by atoms with Crippen molar-refractivity contribution in [2.45, 2.75) is 50.7 Å². The van der Waals surface area contributed by atoms with Gasteiger partial charge in [0.1, 0.15) is 59.3 Å². The van der Waals surface area contributed by atoms with Crippen LogP contribution in [-0.4, -0.2) is 79.7 Å². The number of fused-ring (bicyclic) bond motifs is 1. The normalized spacial score (nSPS) is 26.6. The van der Waals surface area contributed by atoms with E-state index in [1.807, 2.05) is 0 Å². The van der Waals surface area contributed by atoms with Crippen LogP contribution in [0.5, 0.6) is 11.5 Å². The maximum Gasteiger partial charge on any atom is 0.196 e. The SMILES string of the molecule is C/C(=C\Cc1c(O)cc(O)c2c(=O)cc(CO)oc12)CO[C@@H]1O[C@H](CO)[C@@H](O)[C@H](O)[C@H]1O. The van der Waals surface area contributed by atoms with Crippen molar-refractivity contribution in [2.24, 2.45) is 0 Å². The summed E-state index contributed by atoms with van der Waals surface area (Å²) in [7, 11) is 0. The van der Waals surface area contributed by atoms with Crippen molar-refractivity contribution >= 4 is 11.0 Å². The summed E-state index contributed by atoms with van der Waals surface area (Å²) in [4.78, 5) is 12.2. The van der Waals surface area contributed by atoms with Gasteiger partial charge >= 0.3 is 0 Å². The van der Waals surface area contributed by atoms with Crippen LogP contribution >= 0.6 is 0 Å². The Hall–Kier alpha value is -2.51. The molecule has 0 radical (unpaired) electrons. The van der Waals surface area contributed by atoms with Gasteiger partial charge in [0.15, 0.2) is 11.7 Å². The lowest BCUT2D eigenvalue weighted by atomic mass is 9.99.